The average Bonchev–Trinajstić information content (AvgIpc) is 3.32. The molecule has 2 amide bonds. The van der Waals surface area contributed by atoms with Crippen LogP contribution in [0.1, 0.15) is 59.7 Å². The minimum absolute atomic E-state index is 0.0454. The van der Waals surface area contributed by atoms with Gasteiger partial charge in [-0.3, -0.25) is 9.59 Å². The highest BCUT2D eigenvalue weighted by atomic mass is 16.5. The van der Waals surface area contributed by atoms with Crippen molar-refractivity contribution in [1.29, 1.82) is 0 Å². The molecule has 0 atom stereocenters. The van der Waals surface area contributed by atoms with Crippen LogP contribution in [0.5, 0.6) is 5.75 Å². The topological polar surface area (TPSA) is 58.6 Å². The molecule has 1 N–H and O–H groups in total. The Morgan fingerprint density at radius 1 is 1.07 bits per heavy atom. The first kappa shape index (κ1) is 20.5. The standard InChI is InChI=1S/C25H30N2O3/c1-2-30-23-12-11-19-13-14-27(17-22(19)15-23)25(29)21-9-7-18(8-10-21)16-26-24(28)20-5-3-4-6-20/h7-12,15,20H,2-6,13-14,16-17H2,1H3,(H,26,28). The molecule has 2 aliphatic rings. The van der Waals surface area contributed by atoms with Crippen LogP contribution in [-0.4, -0.2) is 29.9 Å². The lowest BCUT2D eigenvalue weighted by atomic mass is 9.98. The first-order valence-electron chi connectivity index (χ1n) is 11.0. The second-order valence-electron chi connectivity index (χ2n) is 8.24. The van der Waals surface area contributed by atoms with E-state index in [4.69, 9.17) is 4.74 Å². The lowest BCUT2D eigenvalue weighted by Crippen LogP contribution is -2.36. The Bertz CT molecular complexity index is 901. The first-order chi connectivity index (χ1) is 14.6. The zero-order chi connectivity index (χ0) is 20.9. The summed E-state index contributed by atoms with van der Waals surface area (Å²) < 4.78 is 5.60. The monoisotopic (exact) mass is 406 g/mol. The van der Waals surface area contributed by atoms with Crippen LogP contribution in [0.15, 0.2) is 42.5 Å². The van der Waals surface area contributed by atoms with Crippen molar-refractivity contribution in [3.05, 3.63) is 64.7 Å². The van der Waals surface area contributed by atoms with Gasteiger partial charge in [0.1, 0.15) is 5.75 Å². The zero-order valence-corrected chi connectivity index (χ0v) is 17.7. The molecule has 1 aliphatic heterocycles. The highest BCUT2D eigenvalue weighted by Crippen LogP contribution is 2.26. The molecule has 0 aromatic heterocycles. The van der Waals surface area contributed by atoms with Gasteiger partial charge in [0.15, 0.2) is 0 Å². The Balaban J connectivity index is 1.35. The normalized spacial score (nSPS) is 16.2. The van der Waals surface area contributed by atoms with E-state index in [1.165, 1.54) is 5.56 Å². The number of fused-ring (bicyclic) bond motifs is 1. The molecule has 5 nitrogen and oxygen atoms in total. The molecule has 1 aliphatic carbocycles. The van der Waals surface area contributed by atoms with Gasteiger partial charge in [0.2, 0.25) is 5.91 Å². The fourth-order valence-electron chi connectivity index (χ4n) is 4.43. The van der Waals surface area contributed by atoms with Crippen LogP contribution in [0.3, 0.4) is 0 Å². The van der Waals surface area contributed by atoms with Crippen molar-refractivity contribution in [1.82, 2.24) is 10.2 Å². The molecular weight excluding hydrogens is 376 g/mol. The summed E-state index contributed by atoms with van der Waals surface area (Å²) in [6, 6.07) is 13.8. The van der Waals surface area contributed by atoms with Crippen LogP contribution in [0.25, 0.3) is 0 Å². The molecule has 2 aromatic carbocycles. The summed E-state index contributed by atoms with van der Waals surface area (Å²) in [6.07, 6.45) is 5.18. The van der Waals surface area contributed by atoms with Crippen molar-refractivity contribution in [3.8, 4) is 5.75 Å². The number of carbonyl (C=O) groups is 2. The Morgan fingerprint density at radius 2 is 1.83 bits per heavy atom. The van der Waals surface area contributed by atoms with Crippen molar-refractivity contribution < 1.29 is 14.3 Å². The fraction of sp³-hybridized carbons (Fsp3) is 0.440. The molecule has 4 rings (SSSR count). The van der Waals surface area contributed by atoms with E-state index in [-0.39, 0.29) is 17.7 Å². The maximum Gasteiger partial charge on any atom is 0.254 e. The van der Waals surface area contributed by atoms with Crippen LogP contribution in [0, 0.1) is 5.92 Å². The van der Waals surface area contributed by atoms with Gasteiger partial charge in [0.25, 0.3) is 5.91 Å². The van der Waals surface area contributed by atoms with Gasteiger partial charge in [-0.2, -0.15) is 0 Å². The van der Waals surface area contributed by atoms with Gasteiger partial charge in [-0.1, -0.05) is 31.0 Å². The highest BCUT2D eigenvalue weighted by molar-refractivity contribution is 5.94. The molecule has 0 radical (unpaired) electrons. The second kappa shape index (κ2) is 9.33. The van der Waals surface area contributed by atoms with Gasteiger partial charge in [0.05, 0.1) is 6.61 Å². The van der Waals surface area contributed by atoms with Crippen molar-refractivity contribution in [2.75, 3.05) is 13.2 Å². The van der Waals surface area contributed by atoms with Crippen molar-refractivity contribution >= 4 is 11.8 Å². The van der Waals surface area contributed by atoms with Crippen LogP contribution < -0.4 is 10.1 Å². The van der Waals surface area contributed by atoms with Gasteiger partial charge < -0.3 is 15.0 Å². The number of nitrogens with zero attached hydrogens (tertiary/aromatic N) is 1. The number of hydrogen-bond donors (Lipinski definition) is 1. The predicted molar refractivity (Wildman–Crippen MR) is 116 cm³/mol. The van der Waals surface area contributed by atoms with Gasteiger partial charge >= 0.3 is 0 Å². The third-order valence-corrected chi connectivity index (χ3v) is 6.18. The van der Waals surface area contributed by atoms with E-state index in [1.807, 2.05) is 48.2 Å². The molecule has 30 heavy (non-hydrogen) atoms. The van der Waals surface area contributed by atoms with Crippen LogP contribution >= 0.6 is 0 Å². The summed E-state index contributed by atoms with van der Waals surface area (Å²) in [5, 5.41) is 3.03. The molecule has 2 aromatic rings. The Morgan fingerprint density at radius 3 is 2.57 bits per heavy atom. The van der Waals surface area contributed by atoms with Crippen LogP contribution in [-0.2, 0) is 24.3 Å². The minimum atomic E-state index is 0.0454. The van der Waals surface area contributed by atoms with E-state index < -0.39 is 0 Å². The fourth-order valence-corrected chi connectivity index (χ4v) is 4.43. The summed E-state index contributed by atoms with van der Waals surface area (Å²) in [7, 11) is 0. The average molecular weight is 407 g/mol. The minimum Gasteiger partial charge on any atom is -0.494 e. The largest absolute Gasteiger partial charge is 0.494 e. The maximum absolute atomic E-state index is 13.0. The van der Waals surface area contributed by atoms with Gasteiger partial charge in [-0.25, -0.2) is 0 Å². The van der Waals surface area contributed by atoms with E-state index in [1.54, 1.807) is 0 Å². The molecule has 158 valence electrons. The molecule has 0 unspecified atom stereocenters. The Hall–Kier alpha value is -2.82. The maximum atomic E-state index is 13.0. The molecule has 1 fully saturated rings. The van der Waals surface area contributed by atoms with Gasteiger partial charge in [-0.15, -0.1) is 0 Å². The van der Waals surface area contributed by atoms with E-state index in [9.17, 15) is 9.59 Å². The number of amides is 2. The number of carbonyl (C=O) groups excluding carboxylic acids is 2. The highest BCUT2D eigenvalue weighted by Gasteiger charge is 2.23. The third-order valence-electron chi connectivity index (χ3n) is 6.18. The summed E-state index contributed by atoms with van der Waals surface area (Å²) in [5.41, 5.74) is 4.15. The van der Waals surface area contributed by atoms with Gasteiger partial charge in [0, 0.05) is 31.1 Å². The summed E-state index contributed by atoms with van der Waals surface area (Å²) in [5.74, 6) is 1.24. The molecule has 0 spiro atoms. The van der Waals surface area contributed by atoms with E-state index in [0.717, 1.165) is 55.5 Å². The predicted octanol–water partition coefficient (Wildman–Crippen LogP) is 4.09. The lowest BCUT2D eigenvalue weighted by molar-refractivity contribution is -0.124. The quantitative estimate of drug-likeness (QED) is 0.786. The van der Waals surface area contributed by atoms with E-state index in [2.05, 4.69) is 11.4 Å². The molecule has 5 heteroatoms. The first-order valence-corrected chi connectivity index (χ1v) is 11.0. The summed E-state index contributed by atoms with van der Waals surface area (Å²) in [6.45, 7) is 4.45. The van der Waals surface area contributed by atoms with Crippen molar-refractivity contribution in [3.63, 3.8) is 0 Å². The molecule has 0 bridgehead atoms. The SMILES string of the molecule is CCOc1ccc2c(c1)CN(C(=O)c1ccc(CNC(=O)C3CCCC3)cc1)CC2. The number of benzene rings is 2. The lowest BCUT2D eigenvalue weighted by Gasteiger charge is -2.29. The number of rotatable bonds is 6. The number of ether oxygens (including phenoxy) is 1. The molecule has 1 heterocycles. The Kier molecular flexibility index (Phi) is 6.36. The smallest absolute Gasteiger partial charge is 0.254 e. The third kappa shape index (κ3) is 4.66. The number of hydrogen-bond acceptors (Lipinski definition) is 3. The zero-order valence-electron chi connectivity index (χ0n) is 17.7. The molecule has 0 saturated heterocycles. The van der Waals surface area contributed by atoms with E-state index in [0.29, 0.717) is 25.3 Å². The van der Waals surface area contributed by atoms with Crippen LogP contribution in [0.4, 0.5) is 0 Å². The molecule has 1 saturated carbocycles. The van der Waals surface area contributed by atoms with Crippen molar-refractivity contribution in [2.45, 2.75) is 52.1 Å². The van der Waals surface area contributed by atoms with Crippen molar-refractivity contribution in [2.24, 2.45) is 5.92 Å². The number of nitrogens with one attached hydrogen (secondary N) is 1. The Labute approximate surface area is 178 Å². The van der Waals surface area contributed by atoms with Gasteiger partial charge in [-0.05, 0) is 67.1 Å². The second-order valence-corrected chi connectivity index (χ2v) is 8.24. The summed E-state index contributed by atoms with van der Waals surface area (Å²) in [4.78, 5) is 27.1. The molecular formula is C25H30N2O3. The van der Waals surface area contributed by atoms with E-state index >= 15 is 0 Å². The summed E-state index contributed by atoms with van der Waals surface area (Å²) >= 11 is 0. The van der Waals surface area contributed by atoms with Crippen LogP contribution in [0.2, 0.25) is 0 Å².